The lowest BCUT2D eigenvalue weighted by molar-refractivity contribution is 0.0954. The first-order valence-electron chi connectivity index (χ1n) is 14.2. The zero-order valence-corrected chi connectivity index (χ0v) is 22.5. The highest BCUT2D eigenvalue weighted by Crippen LogP contribution is 2.37. The SMILES string of the molecule is CCCCCCCCCCCOc1ccc(C(=O)C2c3ccc(O)cc3CCN2c2ccc(F)cc2)cc1. The molecule has 0 saturated carbocycles. The van der Waals surface area contributed by atoms with E-state index in [9.17, 15) is 14.3 Å². The number of ketones is 1. The molecule has 4 rings (SSSR count). The number of phenols is 1. The number of hydrogen-bond acceptors (Lipinski definition) is 4. The summed E-state index contributed by atoms with van der Waals surface area (Å²) in [7, 11) is 0. The number of anilines is 1. The van der Waals surface area contributed by atoms with Gasteiger partial charge < -0.3 is 14.7 Å². The monoisotopic (exact) mass is 517 g/mol. The Hall–Kier alpha value is -3.34. The summed E-state index contributed by atoms with van der Waals surface area (Å²) in [6.45, 7) is 3.53. The first kappa shape index (κ1) is 27.7. The zero-order chi connectivity index (χ0) is 26.7. The fraction of sp³-hybridized carbons (Fsp3) is 0.424. The van der Waals surface area contributed by atoms with Gasteiger partial charge in [0.15, 0.2) is 5.78 Å². The lowest BCUT2D eigenvalue weighted by atomic mass is 9.87. The summed E-state index contributed by atoms with van der Waals surface area (Å²) in [5.74, 6) is 0.618. The standard InChI is InChI=1S/C33H40FNO3/c1-2-3-4-5-6-7-8-9-10-23-38-30-18-11-25(12-19-30)33(37)32-31-20-17-29(36)24-26(31)21-22-35(32)28-15-13-27(34)14-16-28/h11-20,24,32,36H,2-10,21-23H2,1H3. The Balaban J connectivity index is 1.36. The smallest absolute Gasteiger partial charge is 0.189 e. The van der Waals surface area contributed by atoms with Crippen molar-refractivity contribution in [1.29, 1.82) is 0 Å². The zero-order valence-electron chi connectivity index (χ0n) is 22.5. The number of unbranched alkanes of at least 4 members (excludes halogenated alkanes) is 8. The van der Waals surface area contributed by atoms with Crippen LogP contribution in [0.3, 0.4) is 0 Å². The van der Waals surface area contributed by atoms with E-state index in [1.54, 1.807) is 24.3 Å². The van der Waals surface area contributed by atoms with Gasteiger partial charge in [0.1, 0.15) is 23.4 Å². The van der Waals surface area contributed by atoms with Crippen molar-refractivity contribution in [3.63, 3.8) is 0 Å². The van der Waals surface area contributed by atoms with Gasteiger partial charge in [-0.05, 0) is 84.6 Å². The topological polar surface area (TPSA) is 49.8 Å². The highest BCUT2D eigenvalue weighted by Gasteiger charge is 2.34. The van der Waals surface area contributed by atoms with E-state index < -0.39 is 6.04 Å². The Morgan fingerprint density at radius 2 is 1.55 bits per heavy atom. The van der Waals surface area contributed by atoms with E-state index in [1.807, 2.05) is 35.2 Å². The molecule has 0 radical (unpaired) electrons. The van der Waals surface area contributed by atoms with Crippen molar-refractivity contribution in [3.05, 3.63) is 89.2 Å². The number of hydrogen-bond donors (Lipinski definition) is 1. The number of halogens is 1. The third-order valence-corrected chi connectivity index (χ3v) is 7.42. The van der Waals surface area contributed by atoms with Gasteiger partial charge in [0.25, 0.3) is 0 Å². The lowest BCUT2D eigenvalue weighted by Gasteiger charge is -2.38. The Labute approximate surface area is 226 Å². The maximum atomic E-state index is 13.8. The van der Waals surface area contributed by atoms with Crippen LogP contribution in [0.1, 0.15) is 92.2 Å². The van der Waals surface area contributed by atoms with E-state index in [2.05, 4.69) is 6.92 Å². The molecular formula is C33H40FNO3. The van der Waals surface area contributed by atoms with Crippen LogP contribution in [0.4, 0.5) is 10.1 Å². The first-order valence-corrected chi connectivity index (χ1v) is 14.2. The summed E-state index contributed by atoms with van der Waals surface area (Å²) in [4.78, 5) is 15.9. The summed E-state index contributed by atoms with van der Waals surface area (Å²) in [5, 5.41) is 9.99. The summed E-state index contributed by atoms with van der Waals surface area (Å²) < 4.78 is 19.5. The second kappa shape index (κ2) is 14.0. The highest BCUT2D eigenvalue weighted by atomic mass is 19.1. The number of carbonyl (C=O) groups is 1. The molecule has 0 spiro atoms. The molecule has 1 aliphatic rings. The van der Waals surface area contributed by atoms with E-state index in [0.717, 1.165) is 29.0 Å². The minimum absolute atomic E-state index is 0.0357. The van der Waals surface area contributed by atoms with E-state index in [1.165, 1.54) is 63.5 Å². The third kappa shape index (κ3) is 7.37. The number of nitrogens with zero attached hydrogens (tertiary/aromatic N) is 1. The van der Waals surface area contributed by atoms with Crippen LogP contribution in [0.2, 0.25) is 0 Å². The summed E-state index contributed by atoms with van der Waals surface area (Å²) >= 11 is 0. The van der Waals surface area contributed by atoms with Crippen LogP contribution in [0.15, 0.2) is 66.7 Å². The minimum atomic E-state index is -0.557. The number of ether oxygens (including phenoxy) is 1. The van der Waals surface area contributed by atoms with Crippen molar-refractivity contribution in [1.82, 2.24) is 0 Å². The Bertz CT molecular complexity index is 1160. The second-order valence-corrected chi connectivity index (χ2v) is 10.3. The molecule has 38 heavy (non-hydrogen) atoms. The molecule has 0 amide bonds. The molecule has 0 saturated heterocycles. The van der Waals surface area contributed by atoms with Crippen LogP contribution >= 0.6 is 0 Å². The Kier molecular flexibility index (Phi) is 10.2. The molecule has 1 heterocycles. The van der Waals surface area contributed by atoms with Gasteiger partial charge in [0, 0.05) is 17.8 Å². The predicted molar refractivity (Wildman–Crippen MR) is 152 cm³/mol. The number of fused-ring (bicyclic) bond motifs is 1. The van der Waals surface area contributed by atoms with Crippen LogP contribution in [-0.2, 0) is 6.42 Å². The molecule has 0 aromatic heterocycles. The summed E-state index contributed by atoms with van der Waals surface area (Å²) in [6.07, 6.45) is 12.2. The van der Waals surface area contributed by atoms with E-state index >= 15 is 0 Å². The number of benzene rings is 3. The van der Waals surface area contributed by atoms with Gasteiger partial charge in [-0.25, -0.2) is 4.39 Å². The van der Waals surface area contributed by atoms with Crippen LogP contribution < -0.4 is 9.64 Å². The first-order chi connectivity index (χ1) is 18.6. The fourth-order valence-electron chi connectivity index (χ4n) is 5.28. The molecule has 0 fully saturated rings. The second-order valence-electron chi connectivity index (χ2n) is 10.3. The number of Topliss-reactive ketones (excluding diaryl/α,β-unsaturated/α-hetero) is 1. The maximum Gasteiger partial charge on any atom is 0.189 e. The normalized spacial score (nSPS) is 14.8. The molecule has 1 N–H and O–H groups in total. The molecule has 1 atom stereocenters. The van der Waals surface area contributed by atoms with Crippen molar-refractivity contribution < 1.29 is 19.0 Å². The van der Waals surface area contributed by atoms with Crippen molar-refractivity contribution in [2.75, 3.05) is 18.1 Å². The molecular weight excluding hydrogens is 477 g/mol. The van der Waals surface area contributed by atoms with E-state index in [4.69, 9.17) is 4.74 Å². The van der Waals surface area contributed by atoms with Crippen LogP contribution in [-0.4, -0.2) is 24.0 Å². The molecule has 1 unspecified atom stereocenters. The van der Waals surface area contributed by atoms with Crippen molar-refractivity contribution in [2.45, 2.75) is 77.2 Å². The summed E-state index contributed by atoms with van der Waals surface area (Å²) in [6, 6.07) is 18.3. The van der Waals surface area contributed by atoms with Crippen LogP contribution in [0, 0.1) is 5.82 Å². The minimum Gasteiger partial charge on any atom is -0.508 e. The summed E-state index contributed by atoms with van der Waals surface area (Å²) in [5.41, 5.74) is 3.22. The number of carbonyl (C=O) groups excluding carboxylic acids is 1. The van der Waals surface area contributed by atoms with E-state index in [0.29, 0.717) is 25.1 Å². The van der Waals surface area contributed by atoms with Gasteiger partial charge in [-0.1, -0.05) is 64.4 Å². The predicted octanol–water partition coefficient (Wildman–Crippen LogP) is 8.43. The van der Waals surface area contributed by atoms with Gasteiger partial charge >= 0.3 is 0 Å². The van der Waals surface area contributed by atoms with Crippen LogP contribution in [0.5, 0.6) is 11.5 Å². The molecule has 4 nitrogen and oxygen atoms in total. The van der Waals surface area contributed by atoms with Gasteiger partial charge in [-0.2, -0.15) is 0 Å². The molecule has 1 aliphatic heterocycles. The van der Waals surface area contributed by atoms with Gasteiger partial charge in [-0.15, -0.1) is 0 Å². The van der Waals surface area contributed by atoms with Crippen LogP contribution in [0.25, 0.3) is 0 Å². The maximum absolute atomic E-state index is 13.8. The third-order valence-electron chi connectivity index (χ3n) is 7.42. The number of rotatable bonds is 14. The Morgan fingerprint density at radius 3 is 2.24 bits per heavy atom. The fourth-order valence-corrected chi connectivity index (χ4v) is 5.28. The van der Waals surface area contributed by atoms with Crippen molar-refractivity contribution in [3.8, 4) is 11.5 Å². The van der Waals surface area contributed by atoms with Crippen molar-refractivity contribution in [2.24, 2.45) is 0 Å². The molecule has 202 valence electrons. The van der Waals surface area contributed by atoms with Gasteiger partial charge in [0.05, 0.1) is 6.61 Å². The van der Waals surface area contributed by atoms with E-state index in [-0.39, 0.29) is 17.3 Å². The lowest BCUT2D eigenvalue weighted by Crippen LogP contribution is -2.40. The van der Waals surface area contributed by atoms with Gasteiger partial charge in [-0.3, -0.25) is 4.79 Å². The number of aromatic hydroxyl groups is 1. The average Bonchev–Trinajstić information content (AvgIpc) is 2.94. The highest BCUT2D eigenvalue weighted by molar-refractivity contribution is 6.03. The largest absolute Gasteiger partial charge is 0.508 e. The number of phenolic OH excluding ortho intramolecular Hbond substituents is 1. The van der Waals surface area contributed by atoms with Gasteiger partial charge in [0.2, 0.25) is 0 Å². The molecule has 3 aromatic rings. The molecule has 0 aliphatic carbocycles. The van der Waals surface area contributed by atoms with Crippen molar-refractivity contribution >= 4 is 11.5 Å². The molecule has 3 aromatic carbocycles. The average molecular weight is 518 g/mol. The Morgan fingerprint density at radius 1 is 0.895 bits per heavy atom. The quantitative estimate of drug-likeness (QED) is 0.172. The molecule has 0 bridgehead atoms. The molecule has 5 heteroatoms.